The van der Waals surface area contributed by atoms with Gasteiger partial charge in [-0.15, -0.1) is 0 Å². The number of piperidine rings is 1. The van der Waals surface area contributed by atoms with E-state index in [-0.39, 0.29) is 16.6 Å². The van der Waals surface area contributed by atoms with Gasteiger partial charge in [-0.3, -0.25) is 0 Å². The van der Waals surface area contributed by atoms with Crippen LogP contribution in [-0.2, 0) is 0 Å². The summed E-state index contributed by atoms with van der Waals surface area (Å²) in [6.07, 6.45) is 1.05. The molecular formula is C13H17ClFNO. The highest BCUT2D eigenvalue weighted by Gasteiger charge is 2.29. The first kappa shape index (κ1) is 12.8. The molecule has 3 atom stereocenters. The normalized spacial score (nSPS) is 26.8. The minimum atomic E-state index is -0.883. The smallest absolute Gasteiger partial charge is 0.130 e. The van der Waals surface area contributed by atoms with Crippen molar-refractivity contribution in [3.8, 4) is 0 Å². The standard InChI is InChI=1S/C13H17ClFNO/c1-8-5-6-16-11(7-8)13(17)12-9(14)3-2-4-10(12)15/h2-4,8,11,13,16-17H,5-7H2,1H3. The molecule has 0 aromatic heterocycles. The summed E-state index contributed by atoms with van der Waals surface area (Å²) in [5.41, 5.74) is 0.209. The highest BCUT2D eigenvalue weighted by Crippen LogP contribution is 2.31. The van der Waals surface area contributed by atoms with Gasteiger partial charge in [0.2, 0.25) is 0 Å². The van der Waals surface area contributed by atoms with Crippen LogP contribution >= 0.6 is 11.6 Å². The lowest BCUT2D eigenvalue weighted by atomic mass is 9.88. The van der Waals surface area contributed by atoms with Crippen LogP contribution in [0.1, 0.15) is 31.4 Å². The van der Waals surface area contributed by atoms with Gasteiger partial charge >= 0.3 is 0 Å². The lowest BCUT2D eigenvalue weighted by molar-refractivity contribution is 0.0983. The molecule has 1 fully saturated rings. The average molecular weight is 258 g/mol. The first-order valence-corrected chi connectivity index (χ1v) is 6.32. The Bertz CT molecular complexity index is 379. The van der Waals surface area contributed by atoms with Gasteiger partial charge in [-0.25, -0.2) is 4.39 Å². The molecule has 0 spiro atoms. The number of benzene rings is 1. The maximum Gasteiger partial charge on any atom is 0.130 e. The molecule has 1 aliphatic rings. The summed E-state index contributed by atoms with van der Waals surface area (Å²) in [7, 11) is 0. The molecule has 1 aromatic carbocycles. The van der Waals surface area contributed by atoms with E-state index in [0.29, 0.717) is 5.92 Å². The summed E-state index contributed by atoms with van der Waals surface area (Å²) in [6.45, 7) is 3.00. The second-order valence-electron chi connectivity index (χ2n) is 4.77. The monoisotopic (exact) mass is 257 g/mol. The number of hydrogen-bond acceptors (Lipinski definition) is 2. The van der Waals surface area contributed by atoms with Crippen molar-refractivity contribution in [3.63, 3.8) is 0 Å². The molecule has 1 saturated heterocycles. The number of halogens is 2. The van der Waals surface area contributed by atoms with Gasteiger partial charge in [-0.1, -0.05) is 24.6 Å². The fourth-order valence-corrected chi connectivity index (χ4v) is 2.66. The summed E-state index contributed by atoms with van der Waals surface area (Å²) in [5, 5.41) is 13.8. The molecule has 0 radical (unpaired) electrons. The Labute approximate surface area is 106 Å². The van der Waals surface area contributed by atoms with Crippen molar-refractivity contribution in [1.29, 1.82) is 0 Å². The van der Waals surface area contributed by atoms with E-state index >= 15 is 0 Å². The molecule has 1 aliphatic heterocycles. The summed E-state index contributed by atoms with van der Waals surface area (Å²) in [6, 6.07) is 4.37. The molecule has 0 saturated carbocycles. The Hall–Kier alpha value is -0.640. The van der Waals surface area contributed by atoms with Crippen LogP contribution < -0.4 is 5.32 Å². The minimum Gasteiger partial charge on any atom is -0.387 e. The van der Waals surface area contributed by atoms with Crippen LogP contribution in [0.25, 0.3) is 0 Å². The van der Waals surface area contributed by atoms with E-state index in [9.17, 15) is 9.50 Å². The second kappa shape index (κ2) is 5.34. The molecule has 4 heteroatoms. The van der Waals surface area contributed by atoms with Crippen molar-refractivity contribution in [1.82, 2.24) is 5.32 Å². The van der Waals surface area contributed by atoms with Gasteiger partial charge in [0.15, 0.2) is 0 Å². The SMILES string of the molecule is CC1CCNC(C(O)c2c(F)cccc2Cl)C1. The number of rotatable bonds is 2. The molecular weight excluding hydrogens is 241 g/mol. The molecule has 1 aromatic rings. The van der Waals surface area contributed by atoms with Crippen LogP contribution in [0.4, 0.5) is 4.39 Å². The van der Waals surface area contributed by atoms with Crippen LogP contribution in [-0.4, -0.2) is 17.7 Å². The molecule has 0 aliphatic carbocycles. The van der Waals surface area contributed by atoms with Crippen LogP contribution in [0.3, 0.4) is 0 Å². The van der Waals surface area contributed by atoms with Crippen LogP contribution in [0, 0.1) is 11.7 Å². The predicted octanol–water partition coefficient (Wildman–Crippen LogP) is 2.90. The maximum atomic E-state index is 13.7. The summed E-state index contributed by atoms with van der Waals surface area (Å²) in [4.78, 5) is 0. The maximum absolute atomic E-state index is 13.7. The number of hydrogen-bond donors (Lipinski definition) is 2. The molecule has 0 bridgehead atoms. The molecule has 0 amide bonds. The number of aliphatic hydroxyl groups excluding tert-OH is 1. The quantitative estimate of drug-likeness (QED) is 0.854. The summed E-state index contributed by atoms with van der Waals surface area (Å²) >= 11 is 5.95. The average Bonchev–Trinajstić information content (AvgIpc) is 2.28. The summed E-state index contributed by atoms with van der Waals surface area (Å²) in [5.74, 6) is 0.103. The fraction of sp³-hybridized carbons (Fsp3) is 0.538. The second-order valence-corrected chi connectivity index (χ2v) is 5.18. The van der Waals surface area contributed by atoms with E-state index in [4.69, 9.17) is 11.6 Å². The largest absolute Gasteiger partial charge is 0.387 e. The number of aliphatic hydroxyl groups is 1. The van der Waals surface area contributed by atoms with Gasteiger partial charge in [-0.05, 0) is 37.4 Å². The molecule has 17 heavy (non-hydrogen) atoms. The van der Waals surface area contributed by atoms with E-state index < -0.39 is 11.9 Å². The van der Waals surface area contributed by atoms with Gasteiger partial charge in [0, 0.05) is 16.6 Å². The van der Waals surface area contributed by atoms with E-state index in [1.165, 1.54) is 6.07 Å². The van der Waals surface area contributed by atoms with E-state index in [1.807, 2.05) is 0 Å². The van der Waals surface area contributed by atoms with Crippen LogP contribution in [0.2, 0.25) is 5.02 Å². The topological polar surface area (TPSA) is 32.3 Å². The van der Waals surface area contributed by atoms with Crippen molar-refractivity contribution in [2.45, 2.75) is 31.9 Å². The van der Waals surface area contributed by atoms with Gasteiger partial charge in [0.25, 0.3) is 0 Å². The van der Waals surface area contributed by atoms with Gasteiger partial charge in [0.1, 0.15) is 5.82 Å². The zero-order chi connectivity index (χ0) is 12.4. The van der Waals surface area contributed by atoms with Crippen molar-refractivity contribution in [2.24, 2.45) is 5.92 Å². The van der Waals surface area contributed by atoms with Gasteiger partial charge in [-0.2, -0.15) is 0 Å². The molecule has 2 rings (SSSR count). The van der Waals surface area contributed by atoms with E-state index in [1.54, 1.807) is 12.1 Å². The van der Waals surface area contributed by atoms with Crippen molar-refractivity contribution in [3.05, 3.63) is 34.6 Å². The molecule has 3 unspecified atom stereocenters. The number of nitrogens with one attached hydrogen (secondary N) is 1. The van der Waals surface area contributed by atoms with Crippen molar-refractivity contribution < 1.29 is 9.50 Å². The highest BCUT2D eigenvalue weighted by molar-refractivity contribution is 6.31. The van der Waals surface area contributed by atoms with E-state index in [0.717, 1.165) is 19.4 Å². The third-order valence-electron chi connectivity index (χ3n) is 3.38. The Morgan fingerprint density at radius 2 is 2.29 bits per heavy atom. The Morgan fingerprint density at radius 3 is 2.94 bits per heavy atom. The lowest BCUT2D eigenvalue weighted by Crippen LogP contribution is -2.41. The van der Waals surface area contributed by atoms with Crippen LogP contribution in [0.15, 0.2) is 18.2 Å². The van der Waals surface area contributed by atoms with Crippen molar-refractivity contribution in [2.75, 3.05) is 6.54 Å². The molecule has 1 heterocycles. The van der Waals surface area contributed by atoms with Crippen molar-refractivity contribution >= 4 is 11.6 Å². The Morgan fingerprint density at radius 1 is 1.53 bits per heavy atom. The molecule has 2 N–H and O–H groups in total. The Balaban J connectivity index is 2.21. The van der Waals surface area contributed by atoms with Gasteiger partial charge < -0.3 is 10.4 Å². The third kappa shape index (κ3) is 2.79. The first-order valence-electron chi connectivity index (χ1n) is 5.95. The van der Waals surface area contributed by atoms with Crippen LogP contribution in [0.5, 0.6) is 0 Å². The zero-order valence-electron chi connectivity index (χ0n) is 9.79. The van der Waals surface area contributed by atoms with E-state index in [2.05, 4.69) is 12.2 Å². The molecule has 2 nitrogen and oxygen atoms in total. The van der Waals surface area contributed by atoms with Gasteiger partial charge in [0.05, 0.1) is 6.10 Å². The Kier molecular flexibility index (Phi) is 4.02. The highest BCUT2D eigenvalue weighted by atomic mass is 35.5. The first-order chi connectivity index (χ1) is 8.09. The fourth-order valence-electron chi connectivity index (χ4n) is 2.38. The minimum absolute atomic E-state index is 0.117. The molecule has 94 valence electrons. The zero-order valence-corrected chi connectivity index (χ0v) is 10.5. The lowest BCUT2D eigenvalue weighted by Gasteiger charge is -2.32. The third-order valence-corrected chi connectivity index (χ3v) is 3.71. The summed E-state index contributed by atoms with van der Waals surface area (Å²) < 4.78 is 13.7. The predicted molar refractivity (Wildman–Crippen MR) is 66.6 cm³/mol.